The van der Waals surface area contributed by atoms with Gasteiger partial charge in [0.05, 0.1) is 11.6 Å². The van der Waals surface area contributed by atoms with Gasteiger partial charge in [-0.2, -0.15) is 5.26 Å². The van der Waals surface area contributed by atoms with E-state index in [0.29, 0.717) is 18.7 Å². The number of hydrogen-bond donors (Lipinski definition) is 1. The molecule has 0 spiro atoms. The van der Waals surface area contributed by atoms with Gasteiger partial charge in [0.1, 0.15) is 11.6 Å². The normalized spacial score (nSPS) is 10.3. The van der Waals surface area contributed by atoms with E-state index < -0.39 is 5.82 Å². The van der Waals surface area contributed by atoms with Crippen molar-refractivity contribution in [2.24, 2.45) is 0 Å². The molecule has 0 saturated carbocycles. The summed E-state index contributed by atoms with van der Waals surface area (Å²) in [5.41, 5.74) is 1.74. The van der Waals surface area contributed by atoms with Crippen LogP contribution in [0, 0.1) is 23.0 Å². The van der Waals surface area contributed by atoms with Crippen molar-refractivity contribution in [1.29, 1.82) is 5.26 Å². The van der Waals surface area contributed by atoms with Crippen molar-refractivity contribution in [3.05, 3.63) is 69.2 Å². The van der Waals surface area contributed by atoms with Crippen LogP contribution in [0.25, 0.3) is 0 Å². The summed E-state index contributed by atoms with van der Waals surface area (Å²) in [6, 6.07) is 10.5. The van der Waals surface area contributed by atoms with Crippen LogP contribution in [0.1, 0.15) is 16.7 Å². The van der Waals surface area contributed by atoms with Gasteiger partial charge in [-0.25, -0.2) is 8.78 Å². The van der Waals surface area contributed by atoms with E-state index in [1.54, 1.807) is 12.1 Å². The fourth-order valence-electron chi connectivity index (χ4n) is 1.84. The number of rotatable bonds is 4. The molecule has 0 fully saturated rings. The van der Waals surface area contributed by atoms with E-state index in [9.17, 15) is 8.78 Å². The number of nitriles is 1. The van der Waals surface area contributed by atoms with Crippen LogP contribution in [0.2, 0.25) is 0 Å². The molecule has 0 unspecified atom stereocenters. The highest BCUT2D eigenvalue weighted by molar-refractivity contribution is 9.10. The zero-order valence-electron chi connectivity index (χ0n) is 10.5. The molecule has 102 valence electrons. The molecular weight excluding hydrogens is 326 g/mol. The van der Waals surface area contributed by atoms with Crippen molar-refractivity contribution < 1.29 is 8.78 Å². The highest BCUT2D eigenvalue weighted by atomic mass is 79.9. The third-order valence-corrected chi connectivity index (χ3v) is 3.51. The third-order valence-electron chi connectivity index (χ3n) is 2.74. The average molecular weight is 337 g/mol. The average Bonchev–Trinajstić information content (AvgIpc) is 2.42. The molecule has 0 atom stereocenters. The van der Waals surface area contributed by atoms with E-state index in [1.165, 1.54) is 24.3 Å². The van der Waals surface area contributed by atoms with Crippen LogP contribution in [0.15, 0.2) is 40.9 Å². The van der Waals surface area contributed by atoms with Crippen LogP contribution in [0.3, 0.4) is 0 Å². The summed E-state index contributed by atoms with van der Waals surface area (Å²) in [7, 11) is 0. The number of hydrogen-bond acceptors (Lipinski definition) is 2. The van der Waals surface area contributed by atoms with E-state index in [2.05, 4.69) is 21.2 Å². The molecule has 0 aliphatic heterocycles. The lowest BCUT2D eigenvalue weighted by atomic mass is 10.1. The highest BCUT2D eigenvalue weighted by Crippen LogP contribution is 2.17. The van der Waals surface area contributed by atoms with Gasteiger partial charge in [0.15, 0.2) is 0 Å². The first kappa shape index (κ1) is 14.6. The summed E-state index contributed by atoms with van der Waals surface area (Å²) in [4.78, 5) is 0. The van der Waals surface area contributed by atoms with Crippen LogP contribution >= 0.6 is 15.9 Å². The van der Waals surface area contributed by atoms with Crippen molar-refractivity contribution in [1.82, 2.24) is 5.32 Å². The van der Waals surface area contributed by atoms with Crippen LogP contribution < -0.4 is 5.32 Å². The molecular formula is C15H11BrF2N2. The summed E-state index contributed by atoms with van der Waals surface area (Å²) in [6.45, 7) is 0.839. The minimum absolute atomic E-state index is 0.286. The SMILES string of the molecule is N#Cc1cc(F)cc(CNCc2cc(F)ccc2Br)c1. The minimum Gasteiger partial charge on any atom is -0.309 e. The molecule has 0 aliphatic carbocycles. The molecule has 0 radical (unpaired) electrons. The number of nitrogens with zero attached hydrogens (tertiary/aromatic N) is 1. The number of halogens is 3. The van der Waals surface area contributed by atoms with Gasteiger partial charge >= 0.3 is 0 Å². The lowest BCUT2D eigenvalue weighted by molar-refractivity contribution is 0.614. The van der Waals surface area contributed by atoms with Gasteiger partial charge in [0.2, 0.25) is 0 Å². The molecule has 0 aromatic heterocycles. The van der Waals surface area contributed by atoms with Gasteiger partial charge in [-0.1, -0.05) is 15.9 Å². The molecule has 2 aromatic carbocycles. The van der Waals surface area contributed by atoms with Crippen molar-refractivity contribution in [2.75, 3.05) is 0 Å². The van der Waals surface area contributed by atoms with E-state index in [0.717, 1.165) is 10.0 Å². The van der Waals surface area contributed by atoms with Crippen LogP contribution in [-0.4, -0.2) is 0 Å². The standard InChI is InChI=1S/C15H11BrF2N2/c16-15-2-1-13(17)6-12(15)9-20-8-11-3-10(7-19)4-14(18)5-11/h1-6,20H,8-9H2. The van der Waals surface area contributed by atoms with Gasteiger partial charge in [-0.05, 0) is 47.5 Å². The molecule has 5 heteroatoms. The summed E-state index contributed by atoms with van der Waals surface area (Å²) in [5.74, 6) is -0.740. The van der Waals surface area contributed by atoms with Crippen molar-refractivity contribution >= 4 is 15.9 Å². The first-order chi connectivity index (χ1) is 9.58. The highest BCUT2D eigenvalue weighted by Gasteiger charge is 2.03. The van der Waals surface area contributed by atoms with Crippen molar-refractivity contribution in [3.8, 4) is 6.07 Å². The number of nitrogens with one attached hydrogen (secondary N) is 1. The molecule has 20 heavy (non-hydrogen) atoms. The molecule has 2 rings (SSSR count). The topological polar surface area (TPSA) is 35.8 Å². The Kier molecular flexibility index (Phi) is 4.83. The molecule has 2 nitrogen and oxygen atoms in total. The summed E-state index contributed by atoms with van der Waals surface area (Å²) < 4.78 is 27.2. The van der Waals surface area contributed by atoms with Crippen LogP contribution in [-0.2, 0) is 13.1 Å². The van der Waals surface area contributed by atoms with Gasteiger partial charge < -0.3 is 5.32 Å². The zero-order chi connectivity index (χ0) is 14.5. The lowest BCUT2D eigenvalue weighted by Gasteiger charge is -2.08. The third kappa shape index (κ3) is 3.86. The zero-order valence-corrected chi connectivity index (χ0v) is 12.0. The fourth-order valence-corrected chi connectivity index (χ4v) is 2.22. The predicted molar refractivity (Wildman–Crippen MR) is 75.8 cm³/mol. The minimum atomic E-state index is -0.437. The Balaban J connectivity index is 2.01. The van der Waals surface area contributed by atoms with Crippen molar-refractivity contribution in [3.63, 3.8) is 0 Å². The smallest absolute Gasteiger partial charge is 0.124 e. The maximum atomic E-state index is 13.2. The Morgan fingerprint density at radius 3 is 2.60 bits per heavy atom. The molecule has 0 amide bonds. The Morgan fingerprint density at radius 1 is 1.05 bits per heavy atom. The summed E-state index contributed by atoms with van der Waals surface area (Å²) in [6.07, 6.45) is 0. The second-order valence-corrected chi connectivity index (χ2v) is 5.15. The molecule has 0 saturated heterocycles. The number of benzene rings is 2. The Morgan fingerprint density at radius 2 is 1.85 bits per heavy atom. The van der Waals surface area contributed by atoms with Crippen molar-refractivity contribution in [2.45, 2.75) is 13.1 Å². The van der Waals surface area contributed by atoms with Crippen LogP contribution in [0.4, 0.5) is 8.78 Å². The maximum absolute atomic E-state index is 13.2. The van der Waals surface area contributed by atoms with Gasteiger partial charge in [-0.3, -0.25) is 0 Å². The molecule has 2 aromatic rings. The first-order valence-corrected chi connectivity index (χ1v) is 6.72. The van der Waals surface area contributed by atoms with Gasteiger partial charge in [-0.15, -0.1) is 0 Å². The Labute approximate surface area is 124 Å². The molecule has 0 heterocycles. The molecule has 0 bridgehead atoms. The Hall–Kier alpha value is -1.77. The largest absolute Gasteiger partial charge is 0.309 e. The summed E-state index contributed by atoms with van der Waals surface area (Å²) >= 11 is 3.34. The lowest BCUT2D eigenvalue weighted by Crippen LogP contribution is -2.13. The molecule has 1 N–H and O–H groups in total. The fraction of sp³-hybridized carbons (Fsp3) is 0.133. The maximum Gasteiger partial charge on any atom is 0.124 e. The summed E-state index contributed by atoms with van der Waals surface area (Å²) in [5, 5.41) is 11.9. The second kappa shape index (κ2) is 6.60. The van der Waals surface area contributed by atoms with Crippen LogP contribution in [0.5, 0.6) is 0 Å². The van der Waals surface area contributed by atoms with E-state index >= 15 is 0 Å². The van der Waals surface area contributed by atoms with Gasteiger partial charge in [0.25, 0.3) is 0 Å². The van der Waals surface area contributed by atoms with E-state index in [-0.39, 0.29) is 11.4 Å². The first-order valence-electron chi connectivity index (χ1n) is 5.92. The monoisotopic (exact) mass is 336 g/mol. The van der Waals surface area contributed by atoms with Gasteiger partial charge in [0, 0.05) is 17.6 Å². The Bertz CT molecular complexity index is 665. The predicted octanol–water partition coefficient (Wildman–Crippen LogP) is 3.89. The van der Waals surface area contributed by atoms with E-state index in [4.69, 9.17) is 5.26 Å². The van der Waals surface area contributed by atoms with E-state index in [1.807, 2.05) is 6.07 Å². The molecule has 0 aliphatic rings. The second-order valence-electron chi connectivity index (χ2n) is 4.30. The quantitative estimate of drug-likeness (QED) is 0.919.